The zero-order chi connectivity index (χ0) is 12.0. The van der Waals surface area contributed by atoms with E-state index >= 15 is 0 Å². The van der Waals surface area contributed by atoms with Gasteiger partial charge in [-0.2, -0.15) is 0 Å². The SMILES string of the molecule is CC(C)C1CCSC(=NCCCS(C)=O)N1. The Hall–Kier alpha value is -0.0300. The van der Waals surface area contributed by atoms with Crippen LogP contribution in [0.2, 0.25) is 0 Å². The molecule has 2 atom stereocenters. The molecule has 0 saturated carbocycles. The summed E-state index contributed by atoms with van der Waals surface area (Å²) in [5.41, 5.74) is 0. The highest BCUT2D eigenvalue weighted by Gasteiger charge is 2.19. The van der Waals surface area contributed by atoms with Gasteiger partial charge in [0.05, 0.1) is 0 Å². The Labute approximate surface area is 105 Å². The molecule has 5 heteroatoms. The predicted molar refractivity (Wildman–Crippen MR) is 74.7 cm³/mol. The summed E-state index contributed by atoms with van der Waals surface area (Å²) >= 11 is 1.81. The van der Waals surface area contributed by atoms with Crippen LogP contribution < -0.4 is 5.32 Å². The molecule has 0 aromatic carbocycles. The van der Waals surface area contributed by atoms with Gasteiger partial charge in [-0.15, -0.1) is 0 Å². The molecular weight excluding hydrogens is 240 g/mol. The summed E-state index contributed by atoms with van der Waals surface area (Å²) in [6, 6.07) is 0.570. The Bertz CT molecular complexity index is 267. The maximum absolute atomic E-state index is 10.9. The van der Waals surface area contributed by atoms with E-state index in [0.717, 1.165) is 29.6 Å². The third-order valence-corrected chi connectivity index (χ3v) is 4.45. The van der Waals surface area contributed by atoms with E-state index in [-0.39, 0.29) is 0 Å². The Morgan fingerprint density at radius 1 is 1.62 bits per heavy atom. The van der Waals surface area contributed by atoms with Crippen molar-refractivity contribution in [3.05, 3.63) is 0 Å². The minimum atomic E-state index is -0.683. The van der Waals surface area contributed by atoms with Crippen LogP contribution in [0.25, 0.3) is 0 Å². The van der Waals surface area contributed by atoms with Crippen LogP contribution in [0.3, 0.4) is 0 Å². The first kappa shape index (κ1) is 14.0. The summed E-state index contributed by atoms with van der Waals surface area (Å²) in [7, 11) is -0.683. The number of nitrogens with zero attached hydrogens (tertiary/aromatic N) is 1. The zero-order valence-electron chi connectivity index (χ0n) is 10.4. The van der Waals surface area contributed by atoms with Gasteiger partial charge in [0, 0.05) is 41.1 Å². The normalized spacial score (nSPS) is 25.8. The maximum atomic E-state index is 10.9. The molecule has 1 fully saturated rings. The van der Waals surface area contributed by atoms with Gasteiger partial charge in [0.15, 0.2) is 5.17 Å². The highest BCUT2D eigenvalue weighted by Crippen LogP contribution is 2.18. The second kappa shape index (κ2) is 7.33. The van der Waals surface area contributed by atoms with Crippen molar-refractivity contribution in [1.82, 2.24) is 5.32 Å². The average molecular weight is 262 g/mol. The molecule has 0 aromatic rings. The number of hydrogen-bond donors (Lipinski definition) is 1. The van der Waals surface area contributed by atoms with Crippen molar-refractivity contribution in [3.8, 4) is 0 Å². The number of hydrogen-bond acceptors (Lipinski definition) is 3. The summed E-state index contributed by atoms with van der Waals surface area (Å²) in [6.07, 6.45) is 3.89. The third kappa shape index (κ3) is 5.34. The van der Waals surface area contributed by atoms with Gasteiger partial charge < -0.3 is 5.32 Å². The van der Waals surface area contributed by atoms with E-state index in [1.165, 1.54) is 6.42 Å². The number of nitrogens with one attached hydrogen (secondary N) is 1. The van der Waals surface area contributed by atoms with Crippen LogP contribution in [-0.4, -0.2) is 39.7 Å². The average Bonchev–Trinajstić information content (AvgIpc) is 2.24. The van der Waals surface area contributed by atoms with E-state index in [2.05, 4.69) is 24.2 Å². The van der Waals surface area contributed by atoms with Crippen LogP contribution in [0.4, 0.5) is 0 Å². The molecule has 0 aliphatic carbocycles. The first-order chi connectivity index (χ1) is 7.59. The van der Waals surface area contributed by atoms with Crippen LogP contribution in [0.15, 0.2) is 4.99 Å². The molecule has 1 aliphatic heterocycles. The smallest absolute Gasteiger partial charge is 0.156 e. The first-order valence-corrected chi connectivity index (χ1v) is 8.54. The Morgan fingerprint density at radius 3 is 3.00 bits per heavy atom. The first-order valence-electron chi connectivity index (χ1n) is 5.83. The fourth-order valence-corrected chi connectivity index (χ4v) is 3.11. The number of amidine groups is 1. The molecule has 2 unspecified atom stereocenters. The van der Waals surface area contributed by atoms with Crippen LogP contribution in [0.1, 0.15) is 26.7 Å². The number of thioether (sulfide) groups is 1. The second-order valence-corrected chi connectivity index (χ2v) is 7.09. The lowest BCUT2D eigenvalue weighted by Gasteiger charge is -2.28. The van der Waals surface area contributed by atoms with Gasteiger partial charge >= 0.3 is 0 Å². The zero-order valence-corrected chi connectivity index (χ0v) is 12.0. The van der Waals surface area contributed by atoms with E-state index in [4.69, 9.17) is 0 Å². The summed E-state index contributed by atoms with van der Waals surface area (Å²) in [5, 5.41) is 4.55. The minimum absolute atomic E-state index is 0.570. The summed E-state index contributed by atoms with van der Waals surface area (Å²) in [4.78, 5) is 4.52. The highest BCUT2D eigenvalue weighted by molar-refractivity contribution is 8.13. The molecule has 0 amide bonds. The monoisotopic (exact) mass is 262 g/mol. The largest absolute Gasteiger partial charge is 0.362 e. The van der Waals surface area contributed by atoms with E-state index in [0.29, 0.717) is 12.0 Å². The maximum Gasteiger partial charge on any atom is 0.156 e. The van der Waals surface area contributed by atoms with E-state index < -0.39 is 10.8 Å². The van der Waals surface area contributed by atoms with Crippen molar-refractivity contribution in [3.63, 3.8) is 0 Å². The summed E-state index contributed by atoms with van der Waals surface area (Å²) < 4.78 is 10.9. The van der Waals surface area contributed by atoms with Gasteiger partial charge in [-0.3, -0.25) is 9.20 Å². The Kier molecular flexibility index (Phi) is 6.43. The minimum Gasteiger partial charge on any atom is -0.362 e. The van der Waals surface area contributed by atoms with Gasteiger partial charge in [0.2, 0.25) is 0 Å². The van der Waals surface area contributed by atoms with Crippen molar-refractivity contribution < 1.29 is 4.21 Å². The summed E-state index contributed by atoms with van der Waals surface area (Å²) in [6.45, 7) is 5.27. The van der Waals surface area contributed by atoms with Gasteiger partial charge in [0.25, 0.3) is 0 Å². The molecule has 1 aliphatic rings. The molecule has 0 aromatic heterocycles. The van der Waals surface area contributed by atoms with Crippen molar-refractivity contribution >= 4 is 27.7 Å². The number of rotatable bonds is 5. The quantitative estimate of drug-likeness (QED) is 0.769. The number of aliphatic imine (C=N–C) groups is 1. The van der Waals surface area contributed by atoms with Crippen LogP contribution in [-0.2, 0) is 10.8 Å². The topological polar surface area (TPSA) is 41.5 Å². The lowest BCUT2D eigenvalue weighted by atomic mass is 10.0. The van der Waals surface area contributed by atoms with Crippen LogP contribution in [0.5, 0.6) is 0 Å². The van der Waals surface area contributed by atoms with Gasteiger partial charge in [-0.1, -0.05) is 25.6 Å². The van der Waals surface area contributed by atoms with Gasteiger partial charge in [-0.25, -0.2) is 0 Å². The van der Waals surface area contributed by atoms with Gasteiger partial charge in [-0.05, 0) is 18.8 Å². The fraction of sp³-hybridized carbons (Fsp3) is 0.909. The second-order valence-electron chi connectivity index (χ2n) is 4.45. The molecule has 0 radical (unpaired) electrons. The molecule has 1 N–H and O–H groups in total. The van der Waals surface area contributed by atoms with Crippen LogP contribution >= 0.6 is 11.8 Å². The fourth-order valence-electron chi connectivity index (χ4n) is 1.59. The van der Waals surface area contributed by atoms with Crippen LogP contribution in [0, 0.1) is 5.92 Å². The summed E-state index contributed by atoms with van der Waals surface area (Å²) in [5.74, 6) is 2.58. The van der Waals surface area contributed by atoms with Crippen molar-refractivity contribution in [1.29, 1.82) is 0 Å². The lowest BCUT2D eigenvalue weighted by Crippen LogP contribution is -2.41. The van der Waals surface area contributed by atoms with Gasteiger partial charge in [0.1, 0.15) is 0 Å². The molecule has 0 spiro atoms. The van der Waals surface area contributed by atoms with E-state index in [9.17, 15) is 4.21 Å². The molecule has 16 heavy (non-hydrogen) atoms. The molecule has 3 nitrogen and oxygen atoms in total. The predicted octanol–water partition coefficient (Wildman–Crippen LogP) is 1.86. The molecule has 1 heterocycles. The van der Waals surface area contributed by atoms with E-state index in [1.54, 1.807) is 18.0 Å². The van der Waals surface area contributed by atoms with E-state index in [1.807, 2.05) is 0 Å². The molecule has 1 rings (SSSR count). The van der Waals surface area contributed by atoms with Crippen molar-refractivity contribution in [2.75, 3.05) is 24.3 Å². The van der Waals surface area contributed by atoms with Crippen molar-refractivity contribution in [2.24, 2.45) is 10.9 Å². The Balaban J connectivity index is 2.29. The molecule has 0 bridgehead atoms. The van der Waals surface area contributed by atoms with Crippen molar-refractivity contribution in [2.45, 2.75) is 32.7 Å². The molecule has 1 saturated heterocycles. The lowest BCUT2D eigenvalue weighted by molar-refractivity contribution is 0.442. The standard InChI is InChI=1S/C11H22N2OS2/c1-9(2)10-5-7-15-11(13-10)12-6-4-8-16(3)14/h9-10H,4-8H2,1-3H3,(H,12,13). The Morgan fingerprint density at radius 2 is 2.38 bits per heavy atom. The molecule has 94 valence electrons. The molecular formula is C11H22N2OS2. The third-order valence-electron chi connectivity index (χ3n) is 2.63. The highest BCUT2D eigenvalue weighted by atomic mass is 32.2.